The molecule has 2 aromatic rings. The molecule has 2 aromatic carbocycles. The van der Waals surface area contributed by atoms with Crippen LogP contribution in [-0.2, 0) is 0 Å². The molecule has 0 spiro atoms. The molecule has 3 rings (SSSR count). The lowest BCUT2D eigenvalue weighted by Crippen LogP contribution is -2.25. The third kappa shape index (κ3) is 5.07. The van der Waals surface area contributed by atoms with Gasteiger partial charge in [0.15, 0.2) is 5.96 Å². The van der Waals surface area contributed by atoms with Gasteiger partial charge in [0.25, 0.3) is 0 Å². The van der Waals surface area contributed by atoms with E-state index >= 15 is 0 Å². The number of anilines is 2. The Morgan fingerprint density at radius 1 is 1.22 bits per heavy atom. The van der Waals surface area contributed by atoms with Gasteiger partial charge in [-0.15, -0.1) is 0 Å². The van der Waals surface area contributed by atoms with E-state index < -0.39 is 0 Å². The summed E-state index contributed by atoms with van der Waals surface area (Å²) >= 11 is 3.48. The van der Waals surface area contributed by atoms with E-state index in [1.54, 1.807) is 14.2 Å². The average molecular weight is 433 g/mol. The SMILES string of the molecule is COc1ccc(OC)c(NC(N)=NCC2CCN(c3ccc(Br)cc3)C2)c1. The quantitative estimate of drug-likeness (QED) is 0.537. The van der Waals surface area contributed by atoms with E-state index in [9.17, 15) is 0 Å². The van der Waals surface area contributed by atoms with Gasteiger partial charge in [0, 0.05) is 35.9 Å². The molecule has 1 heterocycles. The van der Waals surface area contributed by atoms with Crippen LogP contribution in [0.15, 0.2) is 51.9 Å². The molecule has 1 fully saturated rings. The van der Waals surface area contributed by atoms with Crippen LogP contribution in [0.3, 0.4) is 0 Å². The zero-order chi connectivity index (χ0) is 19.2. The van der Waals surface area contributed by atoms with Crippen molar-refractivity contribution in [2.24, 2.45) is 16.6 Å². The van der Waals surface area contributed by atoms with Crippen molar-refractivity contribution >= 4 is 33.3 Å². The Morgan fingerprint density at radius 2 is 2.00 bits per heavy atom. The van der Waals surface area contributed by atoms with Gasteiger partial charge in [0.05, 0.1) is 19.9 Å². The number of nitrogens with zero attached hydrogens (tertiary/aromatic N) is 2. The van der Waals surface area contributed by atoms with Crippen LogP contribution in [0.2, 0.25) is 0 Å². The van der Waals surface area contributed by atoms with Crippen molar-refractivity contribution in [3.63, 3.8) is 0 Å². The molecule has 7 heteroatoms. The molecular weight excluding hydrogens is 408 g/mol. The summed E-state index contributed by atoms with van der Waals surface area (Å²) in [6.07, 6.45) is 1.11. The lowest BCUT2D eigenvalue weighted by atomic mass is 10.1. The van der Waals surface area contributed by atoms with Gasteiger partial charge in [-0.3, -0.25) is 4.99 Å². The number of hydrogen-bond donors (Lipinski definition) is 2. The zero-order valence-electron chi connectivity index (χ0n) is 15.6. The Bertz CT molecular complexity index is 795. The minimum absolute atomic E-state index is 0.378. The van der Waals surface area contributed by atoms with Gasteiger partial charge in [-0.25, -0.2) is 0 Å². The monoisotopic (exact) mass is 432 g/mol. The molecule has 0 aromatic heterocycles. The van der Waals surface area contributed by atoms with Crippen molar-refractivity contribution in [2.45, 2.75) is 6.42 Å². The second-order valence-corrected chi connectivity index (χ2v) is 7.41. The largest absolute Gasteiger partial charge is 0.497 e. The predicted octanol–water partition coefficient (Wildman–Crippen LogP) is 3.72. The lowest BCUT2D eigenvalue weighted by molar-refractivity contribution is 0.405. The molecule has 0 saturated carbocycles. The first-order valence-corrected chi connectivity index (χ1v) is 9.68. The molecule has 1 unspecified atom stereocenters. The van der Waals surface area contributed by atoms with Gasteiger partial charge in [0.1, 0.15) is 11.5 Å². The first-order valence-electron chi connectivity index (χ1n) is 8.88. The van der Waals surface area contributed by atoms with Gasteiger partial charge in [-0.1, -0.05) is 15.9 Å². The molecule has 6 nitrogen and oxygen atoms in total. The number of guanidine groups is 1. The molecule has 1 aliphatic rings. The van der Waals surface area contributed by atoms with E-state index in [1.807, 2.05) is 18.2 Å². The van der Waals surface area contributed by atoms with Gasteiger partial charge < -0.3 is 25.4 Å². The number of aliphatic imine (C=N–C) groups is 1. The summed E-state index contributed by atoms with van der Waals surface area (Å²) in [5, 5.41) is 3.11. The molecule has 0 bridgehead atoms. The van der Waals surface area contributed by atoms with Crippen LogP contribution in [-0.4, -0.2) is 39.8 Å². The van der Waals surface area contributed by atoms with Crippen LogP contribution in [0.5, 0.6) is 11.5 Å². The number of halogens is 1. The van der Waals surface area contributed by atoms with Crippen molar-refractivity contribution in [3.8, 4) is 11.5 Å². The molecule has 27 heavy (non-hydrogen) atoms. The fraction of sp³-hybridized carbons (Fsp3) is 0.350. The maximum Gasteiger partial charge on any atom is 0.193 e. The number of ether oxygens (including phenoxy) is 2. The Hall–Kier alpha value is -2.41. The van der Waals surface area contributed by atoms with Crippen LogP contribution in [0.25, 0.3) is 0 Å². The predicted molar refractivity (Wildman–Crippen MR) is 114 cm³/mol. The summed E-state index contributed by atoms with van der Waals surface area (Å²) in [7, 11) is 3.25. The van der Waals surface area contributed by atoms with E-state index in [1.165, 1.54) is 5.69 Å². The molecule has 144 valence electrons. The van der Waals surface area contributed by atoms with E-state index in [-0.39, 0.29) is 0 Å². The van der Waals surface area contributed by atoms with E-state index in [0.29, 0.717) is 24.2 Å². The highest BCUT2D eigenvalue weighted by molar-refractivity contribution is 9.10. The maximum atomic E-state index is 6.09. The summed E-state index contributed by atoms with van der Waals surface area (Å²) in [6, 6.07) is 13.9. The lowest BCUT2D eigenvalue weighted by Gasteiger charge is -2.18. The number of nitrogens with two attached hydrogens (primary N) is 1. The van der Waals surface area contributed by atoms with Crippen LogP contribution in [0, 0.1) is 5.92 Å². The summed E-state index contributed by atoms with van der Waals surface area (Å²) in [5.74, 6) is 2.29. The minimum Gasteiger partial charge on any atom is -0.497 e. The summed E-state index contributed by atoms with van der Waals surface area (Å²) < 4.78 is 11.7. The van der Waals surface area contributed by atoms with Gasteiger partial charge in [-0.2, -0.15) is 0 Å². The van der Waals surface area contributed by atoms with Crippen LogP contribution < -0.4 is 25.4 Å². The van der Waals surface area contributed by atoms with Crippen LogP contribution >= 0.6 is 15.9 Å². The van der Waals surface area contributed by atoms with Crippen LogP contribution in [0.1, 0.15) is 6.42 Å². The van der Waals surface area contributed by atoms with Gasteiger partial charge in [0.2, 0.25) is 0 Å². The number of benzene rings is 2. The first kappa shape index (κ1) is 19.4. The molecule has 1 aliphatic heterocycles. The van der Waals surface area contributed by atoms with Crippen LogP contribution in [0.4, 0.5) is 11.4 Å². The highest BCUT2D eigenvalue weighted by Gasteiger charge is 2.22. The molecule has 1 atom stereocenters. The van der Waals surface area contributed by atoms with Gasteiger partial charge in [-0.05, 0) is 48.7 Å². The van der Waals surface area contributed by atoms with E-state index in [2.05, 4.69) is 55.4 Å². The first-order chi connectivity index (χ1) is 13.1. The third-order valence-electron chi connectivity index (χ3n) is 4.67. The summed E-state index contributed by atoms with van der Waals surface area (Å²) in [5.41, 5.74) is 8.07. The van der Waals surface area contributed by atoms with Crippen molar-refractivity contribution in [1.29, 1.82) is 0 Å². The second kappa shape index (κ2) is 8.99. The molecule has 3 N–H and O–H groups in total. The van der Waals surface area contributed by atoms with Crippen molar-refractivity contribution in [3.05, 3.63) is 46.9 Å². The fourth-order valence-electron chi connectivity index (χ4n) is 3.18. The Balaban J connectivity index is 1.57. The molecular formula is C20H25BrN4O2. The summed E-state index contributed by atoms with van der Waals surface area (Å²) in [4.78, 5) is 6.92. The normalized spacial score (nSPS) is 17.1. The average Bonchev–Trinajstić information content (AvgIpc) is 3.16. The Kier molecular flexibility index (Phi) is 6.45. The van der Waals surface area contributed by atoms with E-state index in [0.717, 1.165) is 35.4 Å². The highest BCUT2D eigenvalue weighted by atomic mass is 79.9. The van der Waals surface area contributed by atoms with Crippen molar-refractivity contribution < 1.29 is 9.47 Å². The van der Waals surface area contributed by atoms with Gasteiger partial charge >= 0.3 is 0 Å². The molecule has 1 saturated heterocycles. The topological polar surface area (TPSA) is 72.1 Å². The smallest absolute Gasteiger partial charge is 0.193 e. The maximum absolute atomic E-state index is 6.09. The number of methoxy groups -OCH3 is 2. The number of rotatable bonds is 6. The molecule has 0 radical (unpaired) electrons. The fourth-order valence-corrected chi connectivity index (χ4v) is 3.45. The Morgan fingerprint density at radius 3 is 2.70 bits per heavy atom. The molecule has 0 amide bonds. The number of hydrogen-bond acceptors (Lipinski definition) is 4. The van der Waals surface area contributed by atoms with Crippen molar-refractivity contribution in [2.75, 3.05) is 44.1 Å². The standard InChI is InChI=1S/C20H25BrN4O2/c1-26-17-7-8-19(27-2)18(11-17)24-20(22)23-12-14-9-10-25(13-14)16-5-3-15(21)4-6-16/h3-8,11,14H,9-10,12-13H2,1-2H3,(H3,22,23,24). The van der Waals surface area contributed by atoms with E-state index in [4.69, 9.17) is 15.2 Å². The number of nitrogens with one attached hydrogen (secondary N) is 1. The second-order valence-electron chi connectivity index (χ2n) is 6.49. The Labute approximate surface area is 168 Å². The zero-order valence-corrected chi connectivity index (χ0v) is 17.2. The third-order valence-corrected chi connectivity index (χ3v) is 5.20. The molecule has 0 aliphatic carbocycles. The minimum atomic E-state index is 0.378. The highest BCUT2D eigenvalue weighted by Crippen LogP contribution is 2.29. The van der Waals surface area contributed by atoms with Crippen molar-refractivity contribution in [1.82, 2.24) is 0 Å². The summed E-state index contributed by atoms with van der Waals surface area (Å²) in [6.45, 7) is 2.72.